The molecule has 0 atom stereocenters. The second-order valence-corrected chi connectivity index (χ2v) is 11.6. The van der Waals surface area contributed by atoms with Crippen LogP contribution in [0.25, 0.3) is 0 Å². The zero-order valence-electron chi connectivity index (χ0n) is 26.3. The number of benzene rings is 7. The fraction of sp³-hybridized carbons (Fsp3) is 0. The monoisotopic (exact) mass is 607 g/mol. The van der Waals surface area contributed by atoms with Gasteiger partial charge in [0.2, 0.25) is 0 Å². The van der Waals surface area contributed by atoms with Crippen molar-refractivity contribution in [2.75, 3.05) is 4.90 Å². The summed E-state index contributed by atoms with van der Waals surface area (Å²) in [6.45, 7) is 0. The smallest absolute Gasteiger partial charge is 0.140 e. The average Bonchev–Trinajstić information content (AvgIpc) is 3.16. The van der Waals surface area contributed by atoms with Gasteiger partial charge in [-0.1, -0.05) is 115 Å². The van der Waals surface area contributed by atoms with Crippen LogP contribution in [0.3, 0.4) is 0 Å². The molecule has 0 bridgehead atoms. The average molecular weight is 608 g/mol. The summed E-state index contributed by atoms with van der Waals surface area (Å²) < 4.78 is 0.455. The standard InChI is InChI=1S/C44H37N3/c1-46(37-24-10-4-11-25-37,38-26-12-5-13-27-38)43-34-20-18-32-41(43)45(36-22-8-3-9-23-36)42-33-19-21-35-44(42)47(2,39-28-14-6-15-29-39)40-30-16-7-17-31-40/h3-35H,1-2H2. The van der Waals surface area contributed by atoms with Crippen molar-refractivity contribution in [2.24, 2.45) is 0 Å². The first-order valence-corrected chi connectivity index (χ1v) is 15.9. The molecule has 0 N–H and O–H groups in total. The van der Waals surface area contributed by atoms with Gasteiger partial charge in [0.15, 0.2) is 0 Å². The van der Waals surface area contributed by atoms with Crippen molar-refractivity contribution in [3.63, 3.8) is 0 Å². The van der Waals surface area contributed by atoms with Crippen LogP contribution in [0.4, 0.5) is 51.2 Å². The van der Waals surface area contributed by atoms with E-state index < -0.39 is 0 Å². The second kappa shape index (κ2) is 12.9. The van der Waals surface area contributed by atoms with Gasteiger partial charge >= 0.3 is 0 Å². The van der Waals surface area contributed by atoms with E-state index in [0.717, 1.165) is 51.2 Å². The van der Waals surface area contributed by atoms with Gasteiger partial charge in [-0.3, -0.25) is 4.90 Å². The van der Waals surface area contributed by atoms with Crippen LogP contribution in [0, 0.1) is 14.1 Å². The summed E-state index contributed by atoms with van der Waals surface area (Å²) in [7, 11) is 9.94. The first kappa shape index (κ1) is 29.9. The maximum atomic E-state index is 4.97. The largest absolute Gasteiger partial charge is 0.357 e. The van der Waals surface area contributed by atoms with Crippen LogP contribution in [0.5, 0.6) is 0 Å². The van der Waals surface area contributed by atoms with Crippen molar-refractivity contribution in [3.8, 4) is 0 Å². The van der Waals surface area contributed by atoms with Gasteiger partial charge in [0.1, 0.15) is 45.5 Å². The van der Waals surface area contributed by atoms with E-state index in [-0.39, 0.29) is 8.97 Å². The van der Waals surface area contributed by atoms with Crippen molar-refractivity contribution < 1.29 is 0 Å². The normalized spacial score (nSPS) is 11.6. The molecular formula is C44H37N3. The van der Waals surface area contributed by atoms with Crippen molar-refractivity contribution >= 4 is 51.2 Å². The van der Waals surface area contributed by atoms with E-state index >= 15 is 0 Å². The predicted molar refractivity (Wildman–Crippen MR) is 200 cm³/mol. The fourth-order valence-corrected chi connectivity index (χ4v) is 6.52. The number of hydrogen-bond acceptors (Lipinski definition) is 1. The zero-order chi connectivity index (χ0) is 32.1. The fourth-order valence-electron chi connectivity index (χ4n) is 6.52. The summed E-state index contributed by atoms with van der Waals surface area (Å²) in [5, 5.41) is 0. The van der Waals surface area contributed by atoms with Crippen LogP contribution in [-0.4, -0.2) is 0 Å². The molecule has 0 aliphatic carbocycles. The van der Waals surface area contributed by atoms with Crippen molar-refractivity contribution in [1.29, 1.82) is 0 Å². The minimum absolute atomic E-state index is 0.227. The summed E-state index contributed by atoms with van der Waals surface area (Å²) in [5.74, 6) is 0. The SMILES string of the molecule is [CH2-][N+](c1ccccc1)(c1ccccc1)c1ccccc1N(c1ccccc1)c1ccccc1[N+]([CH2-])(c1ccccc1)c1ccccc1. The lowest BCUT2D eigenvalue weighted by molar-refractivity contribution is 0.677. The quantitative estimate of drug-likeness (QED) is 0.117. The van der Waals surface area contributed by atoms with E-state index in [1.54, 1.807) is 0 Å². The Labute approximate surface area is 278 Å². The van der Waals surface area contributed by atoms with Crippen LogP contribution >= 0.6 is 0 Å². The molecule has 47 heavy (non-hydrogen) atoms. The Morgan fingerprint density at radius 2 is 0.553 bits per heavy atom. The second-order valence-electron chi connectivity index (χ2n) is 11.6. The van der Waals surface area contributed by atoms with E-state index in [4.69, 9.17) is 14.1 Å². The lowest BCUT2D eigenvalue weighted by Crippen LogP contribution is -2.34. The van der Waals surface area contributed by atoms with Crippen LogP contribution in [0.15, 0.2) is 200 Å². The molecule has 0 amide bonds. The van der Waals surface area contributed by atoms with Crippen molar-refractivity contribution in [2.45, 2.75) is 0 Å². The summed E-state index contributed by atoms with van der Waals surface area (Å²) in [5.41, 5.74) is 9.37. The third-order valence-electron chi connectivity index (χ3n) is 8.87. The molecule has 0 saturated heterocycles. The number of hydrogen-bond donors (Lipinski definition) is 0. The van der Waals surface area contributed by atoms with Gasteiger partial charge in [-0.2, -0.15) is 0 Å². The molecule has 0 heterocycles. The summed E-state index contributed by atoms with van der Waals surface area (Å²) in [4.78, 5) is 2.36. The highest BCUT2D eigenvalue weighted by Crippen LogP contribution is 2.54. The number of nitrogens with zero attached hydrogens (tertiary/aromatic N) is 3. The molecule has 0 fully saturated rings. The van der Waals surface area contributed by atoms with Gasteiger partial charge in [0.05, 0.1) is 0 Å². The highest BCUT2D eigenvalue weighted by atomic mass is 15.4. The van der Waals surface area contributed by atoms with Crippen LogP contribution < -0.4 is 13.9 Å². The minimum atomic E-state index is 0.227. The molecule has 7 aromatic rings. The summed E-state index contributed by atoms with van der Waals surface area (Å²) in [6.07, 6.45) is 0. The van der Waals surface area contributed by atoms with Gasteiger partial charge in [-0.05, 0) is 84.9 Å². The third kappa shape index (κ3) is 5.42. The number of para-hydroxylation sites is 9. The Balaban J connectivity index is 1.54. The Morgan fingerprint density at radius 3 is 0.872 bits per heavy atom. The molecule has 7 aromatic carbocycles. The topological polar surface area (TPSA) is 3.24 Å². The Hall–Kier alpha value is -5.74. The van der Waals surface area contributed by atoms with Crippen molar-refractivity contribution in [3.05, 3.63) is 214 Å². The molecule has 0 aromatic heterocycles. The molecule has 0 aliphatic rings. The van der Waals surface area contributed by atoms with Gasteiger partial charge in [-0.15, -0.1) is 14.1 Å². The summed E-state index contributed by atoms with van der Waals surface area (Å²) >= 11 is 0. The highest BCUT2D eigenvalue weighted by molar-refractivity contribution is 5.94. The maximum Gasteiger partial charge on any atom is 0.140 e. The van der Waals surface area contributed by atoms with E-state index in [2.05, 4.69) is 205 Å². The molecular weight excluding hydrogens is 571 g/mol. The Morgan fingerprint density at radius 1 is 0.298 bits per heavy atom. The number of rotatable bonds is 9. The molecule has 3 heteroatoms. The molecule has 7 rings (SSSR count). The molecule has 0 saturated carbocycles. The van der Waals surface area contributed by atoms with Gasteiger partial charge in [0.25, 0.3) is 0 Å². The van der Waals surface area contributed by atoms with E-state index in [9.17, 15) is 0 Å². The van der Waals surface area contributed by atoms with Crippen LogP contribution in [0.2, 0.25) is 0 Å². The first-order chi connectivity index (χ1) is 23.1. The lowest BCUT2D eigenvalue weighted by Gasteiger charge is -2.45. The van der Waals surface area contributed by atoms with Crippen molar-refractivity contribution in [1.82, 2.24) is 8.97 Å². The van der Waals surface area contributed by atoms with Gasteiger partial charge in [0, 0.05) is 5.69 Å². The molecule has 0 aliphatic heterocycles. The maximum absolute atomic E-state index is 4.97. The third-order valence-corrected chi connectivity index (χ3v) is 8.87. The van der Waals surface area contributed by atoms with Gasteiger partial charge < -0.3 is 8.97 Å². The summed E-state index contributed by atoms with van der Waals surface area (Å²) in [6, 6.07) is 69.9. The predicted octanol–water partition coefficient (Wildman–Crippen LogP) is 12.7. The molecule has 228 valence electrons. The number of anilines is 3. The molecule has 0 spiro atoms. The van der Waals surface area contributed by atoms with E-state index in [1.807, 2.05) is 0 Å². The van der Waals surface area contributed by atoms with Gasteiger partial charge in [-0.25, -0.2) is 0 Å². The molecule has 0 unspecified atom stereocenters. The van der Waals surface area contributed by atoms with Crippen LogP contribution in [-0.2, 0) is 0 Å². The van der Waals surface area contributed by atoms with E-state index in [0.29, 0.717) is 0 Å². The van der Waals surface area contributed by atoms with E-state index in [1.165, 1.54) is 0 Å². The Bertz CT molecular complexity index is 1830. The first-order valence-electron chi connectivity index (χ1n) is 15.9. The highest BCUT2D eigenvalue weighted by Gasteiger charge is 2.34. The molecule has 3 nitrogen and oxygen atoms in total. The lowest BCUT2D eigenvalue weighted by atomic mass is 10.1. The zero-order valence-corrected chi connectivity index (χ0v) is 26.3. The number of quaternary nitrogens is 2. The Kier molecular flexibility index (Phi) is 8.24. The van der Waals surface area contributed by atoms with Crippen LogP contribution in [0.1, 0.15) is 0 Å². The minimum Gasteiger partial charge on any atom is -0.357 e. The molecule has 0 radical (unpaired) electrons.